The van der Waals surface area contributed by atoms with Gasteiger partial charge in [-0.1, -0.05) is 104 Å². The Balaban J connectivity index is 4.03. The maximum Gasteiger partial charge on any atom is 0.306 e. The number of aliphatic hydroxyl groups is 1. The van der Waals surface area contributed by atoms with Crippen LogP contribution in [0.2, 0.25) is 0 Å². The molecule has 3 nitrogen and oxygen atoms in total. The zero-order chi connectivity index (χ0) is 22.3. The van der Waals surface area contributed by atoms with Crippen molar-refractivity contribution >= 4 is 5.97 Å². The highest BCUT2D eigenvalue weighted by Gasteiger charge is 2.15. The Morgan fingerprint density at radius 3 is 1.57 bits per heavy atom. The molecule has 0 saturated carbocycles. The summed E-state index contributed by atoms with van der Waals surface area (Å²) in [7, 11) is 0. The summed E-state index contributed by atoms with van der Waals surface area (Å²) < 4.78 is 5.48. The molecule has 2 atom stereocenters. The first-order chi connectivity index (χ1) is 14.6. The van der Waals surface area contributed by atoms with Gasteiger partial charge in [0.25, 0.3) is 0 Å². The highest BCUT2D eigenvalue weighted by molar-refractivity contribution is 5.69. The monoisotopic (exact) mass is 426 g/mol. The van der Waals surface area contributed by atoms with Gasteiger partial charge >= 0.3 is 5.97 Å². The fraction of sp³-hybridized carbons (Fsp3) is 0.963. The Bertz CT molecular complexity index is 354. The number of carbonyl (C=O) groups excluding carboxylic acids is 1. The predicted octanol–water partition coefficient (Wildman–Crippen LogP) is 8.37. The molecule has 0 spiro atoms. The summed E-state index contributed by atoms with van der Waals surface area (Å²) in [5.74, 6) is 0.490. The second-order valence-electron chi connectivity index (χ2n) is 9.46. The normalized spacial score (nSPS) is 13.3. The zero-order valence-electron chi connectivity index (χ0n) is 20.8. The molecule has 0 bridgehead atoms. The quantitative estimate of drug-likeness (QED) is 0.132. The van der Waals surface area contributed by atoms with Crippen molar-refractivity contribution in [3.63, 3.8) is 0 Å². The molecule has 30 heavy (non-hydrogen) atoms. The molecule has 0 rings (SSSR count). The minimum absolute atomic E-state index is 0.0115. The van der Waals surface area contributed by atoms with E-state index in [-0.39, 0.29) is 12.1 Å². The lowest BCUT2D eigenvalue weighted by atomic mass is 9.91. The summed E-state index contributed by atoms with van der Waals surface area (Å²) in [6.07, 6.45) is 23.9. The molecule has 0 aromatic carbocycles. The molecule has 0 radical (unpaired) electrons. The van der Waals surface area contributed by atoms with Gasteiger partial charge in [-0.05, 0) is 44.9 Å². The Hall–Kier alpha value is -0.570. The van der Waals surface area contributed by atoms with Crippen molar-refractivity contribution < 1.29 is 14.6 Å². The first kappa shape index (κ1) is 29.4. The fourth-order valence-electron chi connectivity index (χ4n) is 4.15. The fourth-order valence-corrected chi connectivity index (χ4v) is 4.15. The van der Waals surface area contributed by atoms with Crippen LogP contribution in [-0.2, 0) is 9.53 Å². The van der Waals surface area contributed by atoms with Gasteiger partial charge in [0.15, 0.2) is 0 Å². The van der Waals surface area contributed by atoms with Crippen LogP contribution in [0.25, 0.3) is 0 Å². The van der Waals surface area contributed by atoms with Crippen LogP contribution in [0.4, 0.5) is 0 Å². The van der Waals surface area contributed by atoms with E-state index in [1.54, 1.807) is 0 Å². The van der Waals surface area contributed by atoms with Crippen molar-refractivity contribution in [1.82, 2.24) is 0 Å². The average Bonchev–Trinajstić information content (AvgIpc) is 2.71. The number of esters is 1. The van der Waals surface area contributed by atoms with Gasteiger partial charge in [0.05, 0.1) is 12.7 Å². The van der Waals surface area contributed by atoms with Crippen molar-refractivity contribution in [2.24, 2.45) is 5.92 Å². The Morgan fingerprint density at radius 1 is 0.667 bits per heavy atom. The van der Waals surface area contributed by atoms with Gasteiger partial charge in [0.2, 0.25) is 0 Å². The minimum Gasteiger partial charge on any atom is -0.466 e. The van der Waals surface area contributed by atoms with E-state index in [1.165, 1.54) is 103 Å². The highest BCUT2D eigenvalue weighted by atomic mass is 16.5. The van der Waals surface area contributed by atoms with Gasteiger partial charge in [0.1, 0.15) is 0 Å². The van der Waals surface area contributed by atoms with Crippen LogP contribution in [0.5, 0.6) is 0 Å². The van der Waals surface area contributed by atoms with Crippen LogP contribution in [0.1, 0.15) is 149 Å². The zero-order valence-corrected chi connectivity index (χ0v) is 20.8. The number of hydrogen-bond donors (Lipinski definition) is 1. The number of unbranched alkanes of at least 4 members (excludes halogenated alkanes) is 13. The largest absolute Gasteiger partial charge is 0.466 e. The molecule has 0 aliphatic rings. The molecule has 3 heteroatoms. The topological polar surface area (TPSA) is 46.5 Å². The lowest BCUT2D eigenvalue weighted by Gasteiger charge is -2.16. The molecular formula is C27H54O3. The molecule has 0 saturated heterocycles. The van der Waals surface area contributed by atoms with Gasteiger partial charge in [0, 0.05) is 6.42 Å². The molecular weight excluding hydrogens is 372 g/mol. The summed E-state index contributed by atoms with van der Waals surface area (Å²) >= 11 is 0. The molecule has 2 unspecified atom stereocenters. The van der Waals surface area contributed by atoms with Crippen molar-refractivity contribution in [3.8, 4) is 0 Å². The van der Waals surface area contributed by atoms with E-state index < -0.39 is 0 Å². The number of ether oxygens (including phenoxy) is 1. The highest BCUT2D eigenvalue weighted by Crippen LogP contribution is 2.23. The number of aliphatic hydroxyl groups excluding tert-OH is 1. The molecule has 0 fully saturated rings. The Kier molecular flexibility index (Phi) is 22.7. The lowest BCUT2D eigenvalue weighted by Crippen LogP contribution is -2.13. The Labute approximate surface area is 188 Å². The van der Waals surface area contributed by atoms with Crippen molar-refractivity contribution in [2.45, 2.75) is 155 Å². The summed E-state index contributed by atoms with van der Waals surface area (Å²) in [6.45, 7) is 6.84. The van der Waals surface area contributed by atoms with Gasteiger partial charge in [-0.25, -0.2) is 0 Å². The summed E-state index contributed by atoms with van der Waals surface area (Å²) in [6, 6.07) is 0. The lowest BCUT2D eigenvalue weighted by molar-refractivity contribution is -0.145. The molecule has 0 heterocycles. The number of hydrogen-bond acceptors (Lipinski definition) is 3. The SMILES string of the molecule is CCCCCCCCCCC(CCCCCCCC)CC(=O)OCCCCC(C)O. The van der Waals surface area contributed by atoms with Gasteiger partial charge in [-0.2, -0.15) is 0 Å². The van der Waals surface area contributed by atoms with E-state index >= 15 is 0 Å². The first-order valence-electron chi connectivity index (χ1n) is 13.4. The molecule has 0 aromatic rings. The van der Waals surface area contributed by atoms with Gasteiger partial charge in [-0.15, -0.1) is 0 Å². The van der Waals surface area contributed by atoms with Crippen LogP contribution < -0.4 is 0 Å². The number of rotatable bonds is 23. The molecule has 180 valence electrons. The standard InChI is InChI=1S/C27H54O3/c1-4-6-8-10-12-13-15-17-22-26(21-16-14-11-9-7-5-2)24-27(29)30-23-19-18-20-25(3)28/h25-26,28H,4-24H2,1-3H3. The molecule has 0 amide bonds. The van der Waals surface area contributed by atoms with E-state index in [9.17, 15) is 9.90 Å². The first-order valence-corrected chi connectivity index (χ1v) is 13.4. The predicted molar refractivity (Wildman–Crippen MR) is 130 cm³/mol. The maximum absolute atomic E-state index is 12.3. The smallest absolute Gasteiger partial charge is 0.306 e. The third-order valence-corrected chi connectivity index (χ3v) is 6.17. The average molecular weight is 427 g/mol. The maximum atomic E-state index is 12.3. The molecule has 0 aliphatic carbocycles. The van der Waals surface area contributed by atoms with Crippen LogP contribution in [-0.4, -0.2) is 23.8 Å². The summed E-state index contributed by atoms with van der Waals surface area (Å²) in [5.41, 5.74) is 0. The van der Waals surface area contributed by atoms with E-state index in [4.69, 9.17) is 4.74 Å². The van der Waals surface area contributed by atoms with E-state index in [0.717, 1.165) is 19.3 Å². The van der Waals surface area contributed by atoms with Crippen molar-refractivity contribution in [2.75, 3.05) is 6.61 Å². The van der Waals surface area contributed by atoms with E-state index in [0.29, 0.717) is 18.9 Å². The second-order valence-corrected chi connectivity index (χ2v) is 9.46. The molecule has 0 aliphatic heterocycles. The van der Waals surface area contributed by atoms with E-state index in [2.05, 4.69) is 13.8 Å². The molecule has 0 aromatic heterocycles. The third-order valence-electron chi connectivity index (χ3n) is 6.17. The van der Waals surface area contributed by atoms with Gasteiger partial charge in [-0.3, -0.25) is 4.79 Å². The second kappa shape index (κ2) is 23.1. The minimum atomic E-state index is -0.256. The molecule has 1 N–H and O–H groups in total. The van der Waals surface area contributed by atoms with Crippen molar-refractivity contribution in [3.05, 3.63) is 0 Å². The number of carbonyl (C=O) groups is 1. The van der Waals surface area contributed by atoms with Crippen LogP contribution in [0, 0.1) is 5.92 Å². The summed E-state index contributed by atoms with van der Waals surface area (Å²) in [4.78, 5) is 12.3. The van der Waals surface area contributed by atoms with Crippen molar-refractivity contribution in [1.29, 1.82) is 0 Å². The third kappa shape index (κ3) is 22.1. The van der Waals surface area contributed by atoms with Crippen LogP contribution in [0.3, 0.4) is 0 Å². The van der Waals surface area contributed by atoms with Crippen LogP contribution in [0.15, 0.2) is 0 Å². The van der Waals surface area contributed by atoms with Crippen LogP contribution >= 0.6 is 0 Å². The van der Waals surface area contributed by atoms with E-state index in [1.807, 2.05) is 6.92 Å². The Morgan fingerprint density at radius 2 is 1.10 bits per heavy atom. The summed E-state index contributed by atoms with van der Waals surface area (Å²) in [5, 5.41) is 9.30. The van der Waals surface area contributed by atoms with Gasteiger partial charge < -0.3 is 9.84 Å².